The van der Waals surface area contributed by atoms with E-state index >= 15 is 0 Å². The lowest BCUT2D eigenvalue weighted by Crippen LogP contribution is -2.49. The van der Waals surface area contributed by atoms with E-state index in [1.54, 1.807) is 35.4 Å². The van der Waals surface area contributed by atoms with Crippen LogP contribution < -0.4 is 14.8 Å². The second kappa shape index (κ2) is 9.34. The summed E-state index contributed by atoms with van der Waals surface area (Å²) >= 11 is 1.11. The number of hydrogen-bond acceptors (Lipinski definition) is 7. The number of aliphatic hydroxyl groups is 1. The summed E-state index contributed by atoms with van der Waals surface area (Å²) in [4.78, 5) is 14.9. The molecule has 1 aliphatic rings. The number of ether oxygens (including phenoxy) is 1. The summed E-state index contributed by atoms with van der Waals surface area (Å²) in [7, 11) is -1.91. The molecule has 0 radical (unpaired) electrons. The van der Waals surface area contributed by atoms with E-state index in [0.29, 0.717) is 18.8 Å². The van der Waals surface area contributed by atoms with Gasteiger partial charge in [-0.15, -0.1) is 11.3 Å². The maximum absolute atomic E-state index is 13.3. The predicted molar refractivity (Wildman–Crippen MR) is 117 cm³/mol. The van der Waals surface area contributed by atoms with Crippen LogP contribution in [0.1, 0.15) is 24.2 Å². The zero-order valence-electron chi connectivity index (χ0n) is 17.2. The third kappa shape index (κ3) is 4.77. The molecule has 0 unspecified atom stereocenters. The van der Waals surface area contributed by atoms with Crippen molar-refractivity contribution in [2.45, 2.75) is 30.2 Å². The van der Waals surface area contributed by atoms with Crippen molar-refractivity contribution in [3.05, 3.63) is 41.3 Å². The van der Waals surface area contributed by atoms with Gasteiger partial charge in [0.2, 0.25) is 0 Å². The second-order valence-electron chi connectivity index (χ2n) is 7.43. The van der Waals surface area contributed by atoms with Crippen molar-refractivity contribution in [1.29, 1.82) is 0 Å². The van der Waals surface area contributed by atoms with Gasteiger partial charge < -0.3 is 20.1 Å². The first kappa shape index (κ1) is 22.5. The molecule has 164 valence electrons. The number of thiophene rings is 1. The quantitative estimate of drug-likeness (QED) is 0.592. The number of sulfonamides is 1. The Hall–Kier alpha value is -2.14. The largest absolute Gasteiger partial charge is 0.488 e. The molecule has 1 amide bonds. The minimum absolute atomic E-state index is 0.0283. The van der Waals surface area contributed by atoms with E-state index in [-0.39, 0.29) is 46.0 Å². The van der Waals surface area contributed by atoms with Gasteiger partial charge in [0, 0.05) is 24.7 Å². The highest BCUT2D eigenvalue weighted by Crippen LogP contribution is 2.31. The lowest BCUT2D eigenvalue weighted by atomic mass is 9.99. The van der Waals surface area contributed by atoms with Crippen LogP contribution in [0.3, 0.4) is 0 Å². The van der Waals surface area contributed by atoms with Crippen LogP contribution in [0.25, 0.3) is 0 Å². The minimum Gasteiger partial charge on any atom is -0.488 e. The van der Waals surface area contributed by atoms with Gasteiger partial charge in [-0.25, -0.2) is 8.42 Å². The van der Waals surface area contributed by atoms with Gasteiger partial charge in [0.15, 0.2) is 0 Å². The van der Waals surface area contributed by atoms with Gasteiger partial charge in [-0.3, -0.25) is 9.52 Å². The van der Waals surface area contributed by atoms with Crippen LogP contribution in [-0.2, 0) is 10.0 Å². The predicted octanol–water partition coefficient (Wildman–Crippen LogP) is 1.99. The van der Waals surface area contributed by atoms with Crippen LogP contribution in [0.2, 0.25) is 0 Å². The first-order valence-electron chi connectivity index (χ1n) is 9.70. The molecule has 2 aromatic rings. The molecule has 0 saturated carbocycles. The average Bonchev–Trinajstić information content (AvgIpc) is 3.26. The van der Waals surface area contributed by atoms with Gasteiger partial charge >= 0.3 is 0 Å². The molecule has 0 aliphatic carbocycles. The SMILES string of the molecule is CNC[C@@H]1Oc2ccc(NS(=O)(=O)c3cccs3)cc2C(=O)N([C@H](C)CO)C[C@@H]1C. The standard InChI is InChI=1S/C20H27N3O5S2/c1-13-11-23(14(2)12-24)20(25)16-9-15(6-7-17(16)28-18(13)10-21-3)22-30(26,27)19-5-4-8-29-19/h4-9,13-14,18,21-22,24H,10-12H2,1-3H3/t13-,14+,18-/m0/s1. The lowest BCUT2D eigenvalue weighted by Gasteiger charge is -2.37. The normalized spacial score (nSPS) is 20.7. The Kier molecular flexibility index (Phi) is 7.02. The topological polar surface area (TPSA) is 108 Å². The zero-order valence-corrected chi connectivity index (χ0v) is 18.8. The summed E-state index contributed by atoms with van der Waals surface area (Å²) in [5, 5.41) is 14.4. The molecule has 3 atom stereocenters. The van der Waals surface area contributed by atoms with E-state index < -0.39 is 10.0 Å². The highest BCUT2D eigenvalue weighted by molar-refractivity contribution is 7.94. The fraction of sp³-hybridized carbons (Fsp3) is 0.450. The average molecular weight is 454 g/mol. The van der Waals surface area contributed by atoms with E-state index in [0.717, 1.165) is 11.3 Å². The Balaban J connectivity index is 2.00. The number of nitrogens with one attached hydrogen (secondary N) is 2. The highest BCUT2D eigenvalue weighted by atomic mass is 32.2. The van der Waals surface area contributed by atoms with Crippen molar-refractivity contribution < 1.29 is 23.1 Å². The molecule has 30 heavy (non-hydrogen) atoms. The third-order valence-corrected chi connectivity index (χ3v) is 7.86. The Labute approximate surface area is 180 Å². The number of fused-ring (bicyclic) bond motifs is 1. The summed E-state index contributed by atoms with van der Waals surface area (Å²) in [6.45, 7) is 4.61. The van der Waals surface area contributed by atoms with Gasteiger partial charge in [0.25, 0.3) is 15.9 Å². The number of carbonyl (C=O) groups is 1. The fourth-order valence-electron chi connectivity index (χ4n) is 3.35. The van der Waals surface area contributed by atoms with Crippen molar-refractivity contribution in [2.75, 3.05) is 31.5 Å². The molecule has 0 fully saturated rings. The number of benzene rings is 1. The van der Waals surface area contributed by atoms with Gasteiger partial charge in [0.05, 0.1) is 18.2 Å². The minimum atomic E-state index is -3.74. The molecule has 10 heteroatoms. The van der Waals surface area contributed by atoms with Crippen LogP contribution in [0, 0.1) is 5.92 Å². The molecule has 2 heterocycles. The first-order chi connectivity index (χ1) is 14.3. The van der Waals surface area contributed by atoms with E-state index in [9.17, 15) is 18.3 Å². The summed E-state index contributed by atoms with van der Waals surface area (Å²) in [6, 6.07) is 7.48. The van der Waals surface area contributed by atoms with E-state index in [1.165, 1.54) is 12.1 Å². The van der Waals surface area contributed by atoms with E-state index in [2.05, 4.69) is 10.0 Å². The molecular formula is C20H27N3O5S2. The van der Waals surface area contributed by atoms with Crippen LogP contribution >= 0.6 is 11.3 Å². The lowest BCUT2D eigenvalue weighted by molar-refractivity contribution is 0.0416. The summed E-state index contributed by atoms with van der Waals surface area (Å²) in [5.41, 5.74) is 0.532. The number of aliphatic hydroxyl groups excluding tert-OH is 1. The van der Waals surface area contributed by atoms with Crippen LogP contribution in [0.15, 0.2) is 39.9 Å². The van der Waals surface area contributed by atoms with Crippen molar-refractivity contribution >= 4 is 33.0 Å². The third-order valence-electron chi connectivity index (χ3n) is 5.08. The van der Waals surface area contributed by atoms with Gasteiger partial charge in [-0.1, -0.05) is 13.0 Å². The van der Waals surface area contributed by atoms with Crippen molar-refractivity contribution in [3.8, 4) is 5.75 Å². The van der Waals surface area contributed by atoms with Crippen LogP contribution in [0.4, 0.5) is 5.69 Å². The van der Waals surface area contributed by atoms with Gasteiger partial charge in [-0.2, -0.15) is 0 Å². The van der Waals surface area contributed by atoms with Gasteiger partial charge in [-0.05, 0) is 43.6 Å². The summed E-state index contributed by atoms with van der Waals surface area (Å²) in [5.74, 6) is 0.111. The summed E-state index contributed by atoms with van der Waals surface area (Å²) < 4.78 is 34.0. The molecular weight excluding hydrogens is 426 g/mol. The number of nitrogens with zero attached hydrogens (tertiary/aromatic N) is 1. The number of likely N-dealkylation sites (N-methyl/N-ethyl adjacent to an activating group) is 1. The van der Waals surface area contributed by atoms with Crippen molar-refractivity contribution in [1.82, 2.24) is 10.2 Å². The molecule has 0 saturated heterocycles. The smallest absolute Gasteiger partial charge is 0.271 e. The van der Waals surface area contributed by atoms with Gasteiger partial charge in [0.1, 0.15) is 16.1 Å². The molecule has 0 spiro atoms. The molecule has 3 rings (SSSR count). The fourth-order valence-corrected chi connectivity index (χ4v) is 5.39. The first-order valence-corrected chi connectivity index (χ1v) is 12.1. The number of anilines is 1. The Bertz CT molecular complexity index is 978. The number of amides is 1. The van der Waals surface area contributed by atoms with E-state index in [4.69, 9.17) is 4.74 Å². The zero-order chi connectivity index (χ0) is 21.9. The number of carbonyl (C=O) groups excluding carboxylic acids is 1. The Morgan fingerprint density at radius 3 is 2.77 bits per heavy atom. The molecule has 1 aliphatic heterocycles. The molecule has 8 nitrogen and oxygen atoms in total. The maximum Gasteiger partial charge on any atom is 0.271 e. The van der Waals surface area contributed by atoms with Crippen molar-refractivity contribution in [3.63, 3.8) is 0 Å². The monoisotopic (exact) mass is 453 g/mol. The summed E-state index contributed by atoms with van der Waals surface area (Å²) in [6.07, 6.45) is -0.191. The number of hydrogen-bond donors (Lipinski definition) is 3. The second-order valence-corrected chi connectivity index (χ2v) is 10.3. The van der Waals surface area contributed by atoms with Crippen LogP contribution in [0.5, 0.6) is 5.75 Å². The maximum atomic E-state index is 13.3. The molecule has 1 aromatic heterocycles. The molecule has 3 N–H and O–H groups in total. The Morgan fingerprint density at radius 1 is 1.37 bits per heavy atom. The highest BCUT2D eigenvalue weighted by Gasteiger charge is 2.33. The Morgan fingerprint density at radius 2 is 2.13 bits per heavy atom. The van der Waals surface area contributed by atoms with Crippen molar-refractivity contribution in [2.24, 2.45) is 5.92 Å². The molecule has 1 aromatic carbocycles. The number of rotatable bonds is 7. The van der Waals surface area contributed by atoms with E-state index in [1.807, 2.05) is 14.0 Å². The van der Waals surface area contributed by atoms with Crippen LogP contribution in [-0.4, -0.2) is 63.2 Å². The molecule has 0 bridgehead atoms.